The lowest BCUT2D eigenvalue weighted by Gasteiger charge is -2.20. The average molecular weight is 299 g/mol. The van der Waals surface area contributed by atoms with Crippen LogP contribution in [0.15, 0.2) is 53.9 Å². The standard InChI is InChI=1S/C18H18FNS/c1-2-10-20-17(14-6-3-7-15(19)12-14)16-8-4-5-13-9-11-21-18(13)16/h3-9,11-12,17,20H,2,10H2,1H3. The van der Waals surface area contributed by atoms with Crippen LogP contribution in [-0.4, -0.2) is 6.54 Å². The number of hydrogen-bond donors (Lipinski definition) is 1. The third-order valence-electron chi connectivity index (χ3n) is 3.60. The van der Waals surface area contributed by atoms with E-state index >= 15 is 0 Å². The Morgan fingerprint density at radius 3 is 2.81 bits per heavy atom. The van der Waals surface area contributed by atoms with Gasteiger partial charge >= 0.3 is 0 Å². The van der Waals surface area contributed by atoms with Crippen molar-refractivity contribution < 1.29 is 4.39 Å². The summed E-state index contributed by atoms with van der Waals surface area (Å²) in [7, 11) is 0. The highest BCUT2D eigenvalue weighted by atomic mass is 32.1. The summed E-state index contributed by atoms with van der Waals surface area (Å²) in [5.74, 6) is -0.186. The number of thiophene rings is 1. The summed E-state index contributed by atoms with van der Waals surface area (Å²) in [6.45, 7) is 3.05. The van der Waals surface area contributed by atoms with Crippen LogP contribution in [0.25, 0.3) is 10.1 Å². The van der Waals surface area contributed by atoms with E-state index in [1.807, 2.05) is 6.07 Å². The molecule has 0 radical (unpaired) electrons. The first kappa shape index (κ1) is 14.2. The number of benzene rings is 2. The highest BCUT2D eigenvalue weighted by molar-refractivity contribution is 7.17. The van der Waals surface area contributed by atoms with E-state index in [-0.39, 0.29) is 11.9 Å². The number of nitrogens with one attached hydrogen (secondary N) is 1. The van der Waals surface area contributed by atoms with Crippen molar-refractivity contribution in [3.05, 3.63) is 70.9 Å². The molecule has 21 heavy (non-hydrogen) atoms. The molecular formula is C18H18FNS. The van der Waals surface area contributed by atoms with Gasteiger partial charge in [-0.3, -0.25) is 0 Å². The number of hydrogen-bond acceptors (Lipinski definition) is 2. The molecule has 0 amide bonds. The van der Waals surface area contributed by atoms with Crippen molar-refractivity contribution in [3.63, 3.8) is 0 Å². The van der Waals surface area contributed by atoms with Crippen LogP contribution in [0.4, 0.5) is 4.39 Å². The molecule has 0 bridgehead atoms. The maximum Gasteiger partial charge on any atom is 0.123 e. The van der Waals surface area contributed by atoms with Crippen LogP contribution in [0.3, 0.4) is 0 Å². The SMILES string of the molecule is CCCNC(c1cccc(F)c1)c1cccc2ccsc12. The first-order valence-electron chi connectivity index (χ1n) is 7.24. The summed E-state index contributed by atoms with van der Waals surface area (Å²) in [6.07, 6.45) is 1.05. The first-order chi connectivity index (χ1) is 10.3. The van der Waals surface area contributed by atoms with Crippen molar-refractivity contribution in [1.82, 2.24) is 5.32 Å². The molecular weight excluding hydrogens is 281 g/mol. The van der Waals surface area contributed by atoms with Gasteiger partial charge in [0.1, 0.15) is 5.82 Å². The number of halogens is 1. The van der Waals surface area contributed by atoms with Crippen LogP contribution in [0.5, 0.6) is 0 Å². The first-order valence-corrected chi connectivity index (χ1v) is 8.12. The quantitative estimate of drug-likeness (QED) is 0.688. The van der Waals surface area contributed by atoms with Crippen molar-refractivity contribution in [1.29, 1.82) is 0 Å². The Bertz CT molecular complexity index is 735. The Morgan fingerprint density at radius 1 is 1.14 bits per heavy atom. The second-order valence-corrected chi connectivity index (χ2v) is 6.04. The Kier molecular flexibility index (Phi) is 4.32. The molecule has 1 aromatic heterocycles. The normalized spacial score (nSPS) is 12.7. The highest BCUT2D eigenvalue weighted by Gasteiger charge is 2.17. The van der Waals surface area contributed by atoms with E-state index in [0.29, 0.717) is 0 Å². The summed E-state index contributed by atoms with van der Waals surface area (Å²) in [6, 6.07) is 15.4. The van der Waals surface area contributed by atoms with Gasteiger partial charge in [-0.05, 0) is 53.1 Å². The summed E-state index contributed by atoms with van der Waals surface area (Å²) in [5, 5.41) is 6.91. The van der Waals surface area contributed by atoms with Gasteiger partial charge in [-0.15, -0.1) is 11.3 Å². The minimum Gasteiger partial charge on any atom is -0.306 e. The van der Waals surface area contributed by atoms with Gasteiger partial charge in [0.25, 0.3) is 0 Å². The second-order valence-electron chi connectivity index (χ2n) is 5.13. The Balaban J connectivity index is 2.08. The molecule has 1 atom stereocenters. The van der Waals surface area contributed by atoms with Gasteiger partial charge in [-0.25, -0.2) is 4.39 Å². The maximum atomic E-state index is 13.6. The largest absolute Gasteiger partial charge is 0.306 e. The lowest BCUT2D eigenvalue weighted by atomic mass is 9.97. The van der Waals surface area contributed by atoms with Crippen LogP contribution >= 0.6 is 11.3 Å². The molecule has 1 nitrogen and oxygen atoms in total. The van der Waals surface area contributed by atoms with Crippen LogP contribution in [0, 0.1) is 5.82 Å². The number of fused-ring (bicyclic) bond motifs is 1. The molecule has 1 heterocycles. The maximum absolute atomic E-state index is 13.6. The molecule has 3 rings (SSSR count). The van der Waals surface area contributed by atoms with Crippen molar-refractivity contribution in [2.45, 2.75) is 19.4 Å². The molecule has 3 aromatic rings. The van der Waals surface area contributed by atoms with Crippen molar-refractivity contribution in [3.8, 4) is 0 Å². The molecule has 0 spiro atoms. The molecule has 0 saturated heterocycles. The highest BCUT2D eigenvalue weighted by Crippen LogP contribution is 2.32. The molecule has 3 heteroatoms. The predicted molar refractivity (Wildman–Crippen MR) is 88.4 cm³/mol. The third-order valence-corrected chi connectivity index (χ3v) is 4.58. The molecule has 0 saturated carbocycles. The molecule has 1 N–H and O–H groups in total. The zero-order valence-electron chi connectivity index (χ0n) is 12.0. The predicted octanol–water partition coefficient (Wildman–Crippen LogP) is 5.13. The minimum absolute atomic E-state index is 0.0306. The van der Waals surface area contributed by atoms with E-state index in [0.717, 1.165) is 18.5 Å². The second kappa shape index (κ2) is 6.37. The van der Waals surface area contributed by atoms with Gasteiger partial charge in [0.2, 0.25) is 0 Å². The van der Waals surface area contributed by atoms with Gasteiger partial charge in [0, 0.05) is 4.70 Å². The van der Waals surface area contributed by atoms with E-state index in [1.54, 1.807) is 23.5 Å². The van der Waals surface area contributed by atoms with Crippen LogP contribution in [-0.2, 0) is 0 Å². The van der Waals surface area contributed by atoms with E-state index < -0.39 is 0 Å². The molecule has 0 aliphatic heterocycles. The van der Waals surface area contributed by atoms with Crippen LogP contribution < -0.4 is 5.32 Å². The summed E-state index contributed by atoms with van der Waals surface area (Å²) >= 11 is 1.74. The Labute approximate surface area is 128 Å². The number of rotatable bonds is 5. The zero-order chi connectivity index (χ0) is 14.7. The van der Waals surface area contributed by atoms with E-state index in [4.69, 9.17) is 0 Å². The van der Waals surface area contributed by atoms with Crippen molar-refractivity contribution >= 4 is 21.4 Å². The molecule has 2 aromatic carbocycles. The summed E-state index contributed by atoms with van der Waals surface area (Å²) < 4.78 is 14.9. The van der Waals surface area contributed by atoms with E-state index in [9.17, 15) is 4.39 Å². The molecule has 1 unspecified atom stereocenters. The monoisotopic (exact) mass is 299 g/mol. The van der Waals surface area contributed by atoms with Gasteiger partial charge < -0.3 is 5.32 Å². The molecule has 0 fully saturated rings. The summed E-state index contributed by atoms with van der Waals surface area (Å²) in [5.41, 5.74) is 2.20. The topological polar surface area (TPSA) is 12.0 Å². The fourth-order valence-corrected chi connectivity index (χ4v) is 3.57. The van der Waals surface area contributed by atoms with Crippen LogP contribution in [0.1, 0.15) is 30.5 Å². The summed E-state index contributed by atoms with van der Waals surface area (Å²) in [4.78, 5) is 0. The van der Waals surface area contributed by atoms with Gasteiger partial charge in [0.15, 0.2) is 0 Å². The molecule has 0 aliphatic carbocycles. The van der Waals surface area contributed by atoms with E-state index in [2.05, 4.69) is 41.9 Å². The fraction of sp³-hybridized carbons (Fsp3) is 0.222. The van der Waals surface area contributed by atoms with E-state index in [1.165, 1.54) is 21.7 Å². The lowest BCUT2D eigenvalue weighted by molar-refractivity contribution is 0.588. The Morgan fingerprint density at radius 2 is 2.00 bits per heavy atom. The lowest BCUT2D eigenvalue weighted by Crippen LogP contribution is -2.23. The fourth-order valence-electron chi connectivity index (χ4n) is 2.63. The molecule has 0 aliphatic rings. The van der Waals surface area contributed by atoms with Crippen molar-refractivity contribution in [2.24, 2.45) is 0 Å². The van der Waals surface area contributed by atoms with Crippen molar-refractivity contribution in [2.75, 3.05) is 6.54 Å². The van der Waals surface area contributed by atoms with Crippen LogP contribution in [0.2, 0.25) is 0 Å². The molecule has 108 valence electrons. The van der Waals surface area contributed by atoms with Gasteiger partial charge in [-0.1, -0.05) is 37.3 Å². The Hall–Kier alpha value is -1.71. The average Bonchev–Trinajstić information content (AvgIpc) is 2.97. The minimum atomic E-state index is -0.186. The zero-order valence-corrected chi connectivity index (χ0v) is 12.8. The third kappa shape index (κ3) is 2.99. The van der Waals surface area contributed by atoms with Gasteiger partial charge in [0.05, 0.1) is 6.04 Å². The van der Waals surface area contributed by atoms with Gasteiger partial charge in [-0.2, -0.15) is 0 Å². The smallest absolute Gasteiger partial charge is 0.123 e.